The molecule has 0 fully saturated rings. The molecule has 4 nitrogen and oxygen atoms in total. The van der Waals surface area contributed by atoms with Crippen molar-refractivity contribution in [2.24, 2.45) is 0 Å². The molecule has 0 N–H and O–H groups in total. The molecule has 4 rings (SSSR count). The molecule has 3 aromatic rings. The van der Waals surface area contributed by atoms with E-state index in [1.807, 2.05) is 73.7 Å². The van der Waals surface area contributed by atoms with E-state index in [1.54, 1.807) is 19.3 Å². The van der Waals surface area contributed by atoms with E-state index in [-0.39, 0.29) is 5.97 Å². The summed E-state index contributed by atoms with van der Waals surface area (Å²) < 4.78 is 16.8. The molecule has 1 heterocycles. The highest BCUT2D eigenvalue weighted by Crippen LogP contribution is 2.32. The highest BCUT2D eigenvalue weighted by molar-refractivity contribution is 6.31. The molecule has 0 amide bonds. The van der Waals surface area contributed by atoms with Gasteiger partial charge in [-0.25, -0.2) is 4.79 Å². The standard InChI is InChI=1S/C26H21ClO4/c1-17-7-10-19(11-8-17)24-15-21(26(28)31-24)13-18-9-12-23(25(14-18)29-2)30-16-20-5-3-4-6-22(20)27/h3-15H,16H2,1-2H3/b21-13+. The average molecular weight is 433 g/mol. The molecule has 156 valence electrons. The first-order chi connectivity index (χ1) is 15.0. The predicted octanol–water partition coefficient (Wildman–Crippen LogP) is 6.22. The minimum absolute atomic E-state index is 0.325. The maximum atomic E-state index is 12.3. The van der Waals surface area contributed by atoms with Crippen LogP contribution in [-0.4, -0.2) is 13.1 Å². The first-order valence-corrected chi connectivity index (χ1v) is 10.2. The van der Waals surface area contributed by atoms with Crippen LogP contribution in [0.2, 0.25) is 5.02 Å². The van der Waals surface area contributed by atoms with Gasteiger partial charge in [0.05, 0.1) is 12.7 Å². The van der Waals surface area contributed by atoms with Crippen molar-refractivity contribution in [1.82, 2.24) is 0 Å². The minimum Gasteiger partial charge on any atom is -0.493 e. The van der Waals surface area contributed by atoms with Crippen molar-refractivity contribution in [3.8, 4) is 11.5 Å². The zero-order valence-corrected chi connectivity index (χ0v) is 18.0. The van der Waals surface area contributed by atoms with Crippen molar-refractivity contribution >= 4 is 29.4 Å². The van der Waals surface area contributed by atoms with Crippen LogP contribution in [0, 0.1) is 6.92 Å². The van der Waals surface area contributed by atoms with Gasteiger partial charge in [0.15, 0.2) is 11.5 Å². The van der Waals surface area contributed by atoms with Gasteiger partial charge in [0.25, 0.3) is 0 Å². The lowest BCUT2D eigenvalue weighted by Gasteiger charge is -2.12. The smallest absolute Gasteiger partial charge is 0.343 e. The van der Waals surface area contributed by atoms with Crippen LogP contribution >= 0.6 is 11.6 Å². The SMILES string of the molecule is COc1cc(/C=C2\C=C(c3ccc(C)cc3)OC2=O)ccc1OCc1ccccc1Cl. The van der Waals surface area contributed by atoms with E-state index in [0.29, 0.717) is 34.5 Å². The third kappa shape index (κ3) is 4.81. The summed E-state index contributed by atoms with van der Waals surface area (Å²) in [4.78, 5) is 12.3. The number of cyclic esters (lactones) is 1. The van der Waals surface area contributed by atoms with Gasteiger partial charge in [0.1, 0.15) is 12.4 Å². The fourth-order valence-corrected chi connectivity index (χ4v) is 3.38. The second-order valence-corrected chi connectivity index (χ2v) is 7.56. The zero-order valence-electron chi connectivity index (χ0n) is 17.2. The summed E-state index contributed by atoms with van der Waals surface area (Å²) in [5, 5.41) is 0.652. The van der Waals surface area contributed by atoms with Gasteiger partial charge in [-0.15, -0.1) is 0 Å². The van der Waals surface area contributed by atoms with E-state index in [0.717, 1.165) is 22.3 Å². The Kier molecular flexibility index (Phi) is 6.10. The van der Waals surface area contributed by atoms with Crippen LogP contribution in [0.5, 0.6) is 11.5 Å². The molecular formula is C26H21ClO4. The van der Waals surface area contributed by atoms with Gasteiger partial charge in [-0.1, -0.05) is 65.7 Å². The molecule has 1 aliphatic heterocycles. The third-order valence-corrected chi connectivity index (χ3v) is 5.28. The lowest BCUT2D eigenvalue weighted by Crippen LogP contribution is -1.99. The predicted molar refractivity (Wildman–Crippen MR) is 122 cm³/mol. The van der Waals surface area contributed by atoms with Gasteiger partial charge in [0.2, 0.25) is 0 Å². The Balaban J connectivity index is 1.54. The number of hydrogen-bond donors (Lipinski definition) is 0. The Morgan fingerprint density at radius 3 is 2.52 bits per heavy atom. The summed E-state index contributed by atoms with van der Waals surface area (Å²) in [6, 6.07) is 20.9. The minimum atomic E-state index is -0.381. The van der Waals surface area contributed by atoms with Gasteiger partial charge < -0.3 is 14.2 Å². The summed E-state index contributed by atoms with van der Waals surface area (Å²) in [5.41, 5.74) is 4.18. The summed E-state index contributed by atoms with van der Waals surface area (Å²) in [7, 11) is 1.58. The molecule has 3 aromatic carbocycles. The fraction of sp³-hybridized carbons (Fsp3) is 0.115. The summed E-state index contributed by atoms with van der Waals surface area (Å²) in [6.45, 7) is 2.34. The van der Waals surface area contributed by atoms with E-state index >= 15 is 0 Å². The maximum absolute atomic E-state index is 12.3. The molecule has 0 saturated heterocycles. The number of rotatable bonds is 6. The van der Waals surface area contributed by atoms with Crippen molar-refractivity contribution in [3.63, 3.8) is 0 Å². The van der Waals surface area contributed by atoms with Crippen molar-refractivity contribution in [2.75, 3.05) is 7.11 Å². The topological polar surface area (TPSA) is 44.8 Å². The van der Waals surface area contributed by atoms with Crippen LogP contribution in [0.15, 0.2) is 78.4 Å². The molecule has 0 radical (unpaired) electrons. The third-order valence-electron chi connectivity index (χ3n) is 4.91. The fourth-order valence-electron chi connectivity index (χ4n) is 3.19. The van der Waals surface area contributed by atoms with E-state index in [4.69, 9.17) is 25.8 Å². The average Bonchev–Trinajstić information content (AvgIpc) is 3.14. The summed E-state index contributed by atoms with van der Waals surface area (Å²) in [5.74, 6) is 1.32. The normalized spacial score (nSPS) is 14.4. The number of carbonyl (C=O) groups is 1. The van der Waals surface area contributed by atoms with Gasteiger partial charge >= 0.3 is 5.97 Å². The molecule has 0 spiro atoms. The van der Waals surface area contributed by atoms with Gasteiger partial charge in [-0.3, -0.25) is 0 Å². The van der Waals surface area contributed by atoms with E-state index in [1.165, 1.54) is 0 Å². The molecule has 0 aliphatic carbocycles. The first-order valence-electron chi connectivity index (χ1n) is 9.80. The molecule has 5 heteroatoms. The van der Waals surface area contributed by atoms with Gasteiger partial charge in [-0.2, -0.15) is 0 Å². The second kappa shape index (κ2) is 9.11. The number of hydrogen-bond acceptors (Lipinski definition) is 4. The number of carbonyl (C=O) groups excluding carboxylic acids is 1. The van der Waals surface area contributed by atoms with Crippen LogP contribution in [0.4, 0.5) is 0 Å². The lowest BCUT2D eigenvalue weighted by molar-refractivity contribution is -0.130. The summed E-state index contributed by atoms with van der Waals surface area (Å²) in [6.07, 6.45) is 3.52. The Labute approximate surface area is 186 Å². The van der Waals surface area contributed by atoms with Crippen molar-refractivity contribution < 1.29 is 19.0 Å². The van der Waals surface area contributed by atoms with Crippen LogP contribution in [0.25, 0.3) is 11.8 Å². The Bertz CT molecular complexity index is 1180. The molecule has 0 atom stereocenters. The zero-order chi connectivity index (χ0) is 21.8. The van der Waals surface area contributed by atoms with Crippen molar-refractivity contribution in [2.45, 2.75) is 13.5 Å². The van der Waals surface area contributed by atoms with E-state index in [9.17, 15) is 4.79 Å². The van der Waals surface area contributed by atoms with Crippen LogP contribution in [0.3, 0.4) is 0 Å². The quantitative estimate of drug-likeness (QED) is 0.342. The highest BCUT2D eigenvalue weighted by Gasteiger charge is 2.22. The summed E-state index contributed by atoms with van der Waals surface area (Å²) >= 11 is 6.19. The number of methoxy groups -OCH3 is 1. The number of ether oxygens (including phenoxy) is 3. The molecule has 0 saturated carbocycles. The Hall–Kier alpha value is -3.50. The number of halogens is 1. The molecular weight excluding hydrogens is 412 g/mol. The number of benzene rings is 3. The maximum Gasteiger partial charge on any atom is 0.343 e. The first kappa shape index (κ1) is 20.8. The van der Waals surface area contributed by atoms with E-state index in [2.05, 4.69) is 0 Å². The monoisotopic (exact) mass is 432 g/mol. The highest BCUT2D eigenvalue weighted by atomic mass is 35.5. The molecule has 0 bridgehead atoms. The van der Waals surface area contributed by atoms with E-state index < -0.39 is 0 Å². The molecule has 0 aromatic heterocycles. The molecule has 1 aliphatic rings. The van der Waals surface area contributed by atoms with Gasteiger partial charge in [0, 0.05) is 16.1 Å². The largest absolute Gasteiger partial charge is 0.493 e. The van der Waals surface area contributed by atoms with Crippen LogP contribution in [-0.2, 0) is 16.1 Å². The number of aryl methyl sites for hydroxylation is 1. The second-order valence-electron chi connectivity index (χ2n) is 7.15. The number of esters is 1. The van der Waals surface area contributed by atoms with Crippen molar-refractivity contribution in [1.29, 1.82) is 0 Å². The van der Waals surface area contributed by atoms with Gasteiger partial charge in [-0.05, 0) is 42.8 Å². The van der Waals surface area contributed by atoms with Crippen LogP contribution < -0.4 is 9.47 Å². The van der Waals surface area contributed by atoms with Crippen LogP contribution in [0.1, 0.15) is 22.3 Å². The lowest BCUT2D eigenvalue weighted by atomic mass is 10.1. The van der Waals surface area contributed by atoms with Crippen molar-refractivity contribution in [3.05, 3.63) is 106 Å². The molecule has 31 heavy (non-hydrogen) atoms. The Morgan fingerprint density at radius 2 is 1.77 bits per heavy atom. The Morgan fingerprint density at radius 1 is 1.00 bits per heavy atom. The molecule has 0 unspecified atom stereocenters.